The van der Waals surface area contributed by atoms with E-state index in [1.165, 1.54) is 6.20 Å². The monoisotopic (exact) mass is 223 g/mol. The molecule has 2 rings (SSSR count). The van der Waals surface area contributed by atoms with E-state index in [0.29, 0.717) is 18.0 Å². The van der Waals surface area contributed by atoms with Crippen molar-refractivity contribution in [2.75, 3.05) is 18.2 Å². The van der Waals surface area contributed by atoms with Crippen LogP contribution in [-0.2, 0) is 4.84 Å². The average Bonchev–Trinajstić information content (AvgIpc) is 2.29. The molecule has 16 heavy (non-hydrogen) atoms. The lowest BCUT2D eigenvalue weighted by Gasteiger charge is -2.26. The molecule has 1 aromatic rings. The van der Waals surface area contributed by atoms with Crippen LogP contribution in [0.25, 0.3) is 0 Å². The molecule has 1 saturated heterocycles. The van der Waals surface area contributed by atoms with Gasteiger partial charge >= 0.3 is 0 Å². The second kappa shape index (κ2) is 4.44. The van der Waals surface area contributed by atoms with Crippen molar-refractivity contribution in [2.24, 2.45) is 0 Å². The second-order valence-corrected chi connectivity index (χ2v) is 3.73. The van der Waals surface area contributed by atoms with Crippen molar-refractivity contribution < 1.29 is 9.76 Å². The third-order valence-corrected chi connectivity index (χ3v) is 2.52. The molecule has 0 aliphatic carbocycles. The number of aryl methyl sites for hydroxylation is 1. The van der Waals surface area contributed by atoms with E-state index in [2.05, 4.69) is 4.98 Å². The minimum Gasteiger partial charge on any atom is -0.272 e. The van der Waals surface area contributed by atoms with Crippen molar-refractivity contribution in [1.82, 2.24) is 4.98 Å². The normalized spacial score (nSPS) is 16.2. The molecular formula is C10H13N3O3. The van der Waals surface area contributed by atoms with E-state index in [-0.39, 0.29) is 5.69 Å². The first-order chi connectivity index (χ1) is 7.68. The molecule has 1 aliphatic rings. The minimum absolute atomic E-state index is 0.0424. The highest BCUT2D eigenvalue weighted by molar-refractivity contribution is 5.47. The molecule has 6 heteroatoms. The summed E-state index contributed by atoms with van der Waals surface area (Å²) in [6, 6.07) is 1.68. The van der Waals surface area contributed by atoms with Crippen LogP contribution in [0.4, 0.5) is 11.5 Å². The van der Waals surface area contributed by atoms with E-state index in [1.54, 1.807) is 18.1 Å². The van der Waals surface area contributed by atoms with Gasteiger partial charge in [0.05, 0.1) is 11.5 Å². The maximum atomic E-state index is 10.6. The molecule has 0 N–H and O–H groups in total. The fourth-order valence-electron chi connectivity index (χ4n) is 1.64. The third kappa shape index (κ3) is 2.11. The van der Waals surface area contributed by atoms with Gasteiger partial charge in [0.1, 0.15) is 6.20 Å². The Balaban J connectivity index is 2.23. The molecule has 0 radical (unpaired) electrons. The maximum Gasteiger partial charge on any atom is 0.290 e. The lowest BCUT2D eigenvalue weighted by Crippen LogP contribution is -2.30. The van der Waals surface area contributed by atoms with Gasteiger partial charge in [-0.05, 0) is 25.8 Å². The van der Waals surface area contributed by atoms with Crippen LogP contribution >= 0.6 is 0 Å². The van der Waals surface area contributed by atoms with Crippen molar-refractivity contribution in [1.29, 1.82) is 0 Å². The topological polar surface area (TPSA) is 68.5 Å². The summed E-state index contributed by atoms with van der Waals surface area (Å²) in [6.07, 6.45) is 3.38. The first-order valence-corrected chi connectivity index (χ1v) is 5.20. The molecule has 1 aromatic heterocycles. The second-order valence-electron chi connectivity index (χ2n) is 3.73. The van der Waals surface area contributed by atoms with E-state index in [1.807, 2.05) is 0 Å². The minimum atomic E-state index is -0.427. The molecule has 0 atom stereocenters. The molecule has 0 spiro atoms. The number of rotatable bonds is 2. The van der Waals surface area contributed by atoms with Gasteiger partial charge in [0.2, 0.25) is 0 Å². The molecule has 0 bridgehead atoms. The van der Waals surface area contributed by atoms with E-state index in [0.717, 1.165) is 19.4 Å². The first kappa shape index (κ1) is 10.8. The quantitative estimate of drug-likeness (QED) is 0.565. The van der Waals surface area contributed by atoms with Gasteiger partial charge in [-0.1, -0.05) is 0 Å². The largest absolute Gasteiger partial charge is 0.290 e. The van der Waals surface area contributed by atoms with Crippen LogP contribution in [0.2, 0.25) is 0 Å². The van der Waals surface area contributed by atoms with Crippen molar-refractivity contribution in [2.45, 2.75) is 19.8 Å². The highest BCUT2D eigenvalue weighted by Gasteiger charge is 2.17. The molecule has 0 unspecified atom stereocenters. The predicted molar refractivity (Wildman–Crippen MR) is 58.2 cm³/mol. The number of pyridine rings is 1. The van der Waals surface area contributed by atoms with E-state index in [4.69, 9.17) is 4.84 Å². The van der Waals surface area contributed by atoms with Gasteiger partial charge in [-0.15, -0.1) is 0 Å². The zero-order valence-corrected chi connectivity index (χ0v) is 9.05. The zero-order valence-electron chi connectivity index (χ0n) is 9.05. The lowest BCUT2D eigenvalue weighted by molar-refractivity contribution is -0.385. The zero-order chi connectivity index (χ0) is 11.5. The maximum absolute atomic E-state index is 10.6. The third-order valence-electron chi connectivity index (χ3n) is 2.52. The standard InChI is InChI=1S/C10H13N3O3/c1-8-6-10(11-7-9(8)13(14)15)12-4-2-3-5-16-12/h6-7H,2-5H2,1H3. The summed E-state index contributed by atoms with van der Waals surface area (Å²) in [7, 11) is 0. The smallest absolute Gasteiger partial charge is 0.272 e. The Labute approximate surface area is 93.0 Å². The molecule has 1 fully saturated rings. The number of hydrogen-bond donors (Lipinski definition) is 0. The van der Waals surface area contributed by atoms with Gasteiger partial charge < -0.3 is 0 Å². The van der Waals surface area contributed by atoms with Crippen LogP contribution in [-0.4, -0.2) is 23.1 Å². The van der Waals surface area contributed by atoms with Gasteiger partial charge in [-0.2, -0.15) is 0 Å². The Bertz CT molecular complexity index is 402. The van der Waals surface area contributed by atoms with Gasteiger partial charge in [-0.3, -0.25) is 15.0 Å². The highest BCUT2D eigenvalue weighted by atomic mass is 16.7. The summed E-state index contributed by atoms with van der Waals surface area (Å²) in [5, 5.41) is 12.3. The van der Waals surface area contributed by atoms with Crippen molar-refractivity contribution in [3.8, 4) is 0 Å². The molecule has 0 amide bonds. The number of hydrogen-bond acceptors (Lipinski definition) is 5. The van der Waals surface area contributed by atoms with Crippen molar-refractivity contribution in [3.05, 3.63) is 27.9 Å². The Kier molecular flexibility index (Phi) is 3.00. The lowest BCUT2D eigenvalue weighted by atomic mass is 10.2. The number of hydroxylamine groups is 1. The Morgan fingerprint density at radius 3 is 2.94 bits per heavy atom. The van der Waals surface area contributed by atoms with Crippen LogP contribution in [0, 0.1) is 17.0 Å². The predicted octanol–water partition coefficient (Wildman–Crippen LogP) is 1.83. The fourth-order valence-corrected chi connectivity index (χ4v) is 1.64. The summed E-state index contributed by atoms with van der Waals surface area (Å²) in [5.74, 6) is 0.641. The van der Waals surface area contributed by atoms with E-state index in [9.17, 15) is 10.1 Å². The summed E-state index contributed by atoms with van der Waals surface area (Å²) in [4.78, 5) is 19.7. The van der Waals surface area contributed by atoms with Gasteiger partial charge in [0, 0.05) is 12.1 Å². The Morgan fingerprint density at radius 2 is 2.38 bits per heavy atom. The molecule has 0 aromatic carbocycles. The molecular weight excluding hydrogens is 210 g/mol. The summed E-state index contributed by atoms with van der Waals surface area (Å²) in [6.45, 7) is 3.16. The van der Waals surface area contributed by atoms with E-state index >= 15 is 0 Å². The van der Waals surface area contributed by atoms with Crippen LogP contribution in [0.5, 0.6) is 0 Å². The fraction of sp³-hybridized carbons (Fsp3) is 0.500. The molecule has 6 nitrogen and oxygen atoms in total. The van der Waals surface area contributed by atoms with Crippen LogP contribution in [0.1, 0.15) is 18.4 Å². The number of anilines is 1. The van der Waals surface area contributed by atoms with Gasteiger partial charge in [-0.25, -0.2) is 10.0 Å². The number of aromatic nitrogens is 1. The van der Waals surface area contributed by atoms with Gasteiger partial charge in [0.15, 0.2) is 5.82 Å². The molecule has 1 aliphatic heterocycles. The molecule has 2 heterocycles. The van der Waals surface area contributed by atoms with Crippen LogP contribution in [0.15, 0.2) is 12.3 Å². The van der Waals surface area contributed by atoms with Gasteiger partial charge in [0.25, 0.3) is 5.69 Å². The van der Waals surface area contributed by atoms with E-state index < -0.39 is 4.92 Å². The highest BCUT2D eigenvalue weighted by Crippen LogP contribution is 2.23. The van der Waals surface area contributed by atoms with Crippen molar-refractivity contribution in [3.63, 3.8) is 0 Å². The average molecular weight is 223 g/mol. The first-order valence-electron chi connectivity index (χ1n) is 5.20. The SMILES string of the molecule is Cc1cc(N2CCCCO2)ncc1[N+](=O)[O-]. The van der Waals surface area contributed by atoms with Crippen LogP contribution < -0.4 is 5.06 Å². The Morgan fingerprint density at radius 1 is 1.56 bits per heavy atom. The number of nitrogens with zero attached hydrogens (tertiary/aromatic N) is 3. The summed E-state index contributed by atoms with van der Waals surface area (Å²) in [5.41, 5.74) is 0.643. The summed E-state index contributed by atoms with van der Waals surface area (Å²) < 4.78 is 0. The molecule has 86 valence electrons. The van der Waals surface area contributed by atoms with Crippen LogP contribution in [0.3, 0.4) is 0 Å². The number of nitro groups is 1. The summed E-state index contributed by atoms with van der Waals surface area (Å²) >= 11 is 0. The van der Waals surface area contributed by atoms with Crippen molar-refractivity contribution >= 4 is 11.5 Å². The molecule has 0 saturated carbocycles. The Hall–Kier alpha value is -1.69.